The van der Waals surface area contributed by atoms with Crippen molar-refractivity contribution in [3.05, 3.63) is 34.9 Å². The highest BCUT2D eigenvalue weighted by atomic mass is 35.5. The predicted molar refractivity (Wildman–Crippen MR) is 67.1 cm³/mol. The van der Waals surface area contributed by atoms with Crippen LogP contribution >= 0.6 is 11.6 Å². The normalized spacial score (nSPS) is 9.76. The van der Waals surface area contributed by atoms with E-state index >= 15 is 0 Å². The van der Waals surface area contributed by atoms with Crippen molar-refractivity contribution in [3.8, 4) is 17.6 Å². The van der Waals surface area contributed by atoms with Crippen molar-refractivity contribution >= 4 is 23.6 Å². The smallest absolute Gasteiger partial charge is 0.328 e. The lowest BCUT2D eigenvalue weighted by Crippen LogP contribution is -1.96. The first kappa shape index (κ1) is 13.1. The second-order valence-electron chi connectivity index (χ2n) is 3.04. The van der Waals surface area contributed by atoms with Gasteiger partial charge >= 0.3 is 5.97 Å². The fraction of sp³-hybridized carbons (Fsp3) is 0.154. The minimum atomic E-state index is -1.04. The molecule has 0 unspecified atom stereocenters. The number of ether oxygens (including phenoxy) is 1. The van der Waals surface area contributed by atoms with Crippen molar-refractivity contribution < 1.29 is 14.6 Å². The summed E-state index contributed by atoms with van der Waals surface area (Å²) in [5.74, 6) is 4.93. The van der Waals surface area contributed by atoms with Crippen LogP contribution in [0.1, 0.15) is 12.5 Å². The molecule has 1 aromatic carbocycles. The van der Waals surface area contributed by atoms with E-state index in [1.54, 1.807) is 25.1 Å². The van der Waals surface area contributed by atoms with Gasteiger partial charge in [0.2, 0.25) is 0 Å². The van der Waals surface area contributed by atoms with Gasteiger partial charge < -0.3 is 9.84 Å². The minimum absolute atomic E-state index is 0.241. The van der Waals surface area contributed by atoms with E-state index in [0.717, 1.165) is 6.08 Å². The molecule has 17 heavy (non-hydrogen) atoms. The SMILES string of the molecule is CC#CCOc1cccc(Cl)c1/C=C/C(=O)O. The number of carboxylic acid groups (broad SMARTS) is 1. The van der Waals surface area contributed by atoms with Crippen LogP contribution < -0.4 is 4.74 Å². The van der Waals surface area contributed by atoms with Crippen LogP contribution in [0.4, 0.5) is 0 Å². The summed E-state index contributed by atoms with van der Waals surface area (Å²) in [5.41, 5.74) is 0.537. The minimum Gasteiger partial charge on any atom is -0.480 e. The third-order valence-corrected chi connectivity index (χ3v) is 2.21. The number of benzene rings is 1. The second-order valence-corrected chi connectivity index (χ2v) is 3.45. The maximum Gasteiger partial charge on any atom is 0.328 e. The summed E-state index contributed by atoms with van der Waals surface area (Å²) in [4.78, 5) is 10.5. The van der Waals surface area contributed by atoms with Crippen LogP contribution in [0, 0.1) is 11.8 Å². The highest BCUT2D eigenvalue weighted by Crippen LogP contribution is 2.27. The van der Waals surface area contributed by atoms with Crippen LogP contribution in [-0.4, -0.2) is 17.7 Å². The van der Waals surface area contributed by atoms with E-state index in [2.05, 4.69) is 11.8 Å². The molecule has 0 spiro atoms. The molecule has 1 N–H and O–H groups in total. The number of carbonyl (C=O) groups is 1. The first-order chi connectivity index (χ1) is 8.15. The summed E-state index contributed by atoms with van der Waals surface area (Å²) < 4.78 is 5.39. The van der Waals surface area contributed by atoms with Crippen LogP contribution in [-0.2, 0) is 4.79 Å². The fourth-order valence-electron chi connectivity index (χ4n) is 1.15. The molecule has 0 atom stereocenters. The molecule has 0 fully saturated rings. The van der Waals surface area contributed by atoms with Gasteiger partial charge in [0.05, 0.1) is 5.02 Å². The molecule has 0 saturated carbocycles. The molecule has 0 bridgehead atoms. The van der Waals surface area contributed by atoms with Crippen LogP contribution in [0.3, 0.4) is 0 Å². The Bertz CT molecular complexity index is 495. The Balaban J connectivity index is 2.98. The van der Waals surface area contributed by atoms with Crippen molar-refractivity contribution in [2.24, 2.45) is 0 Å². The lowest BCUT2D eigenvalue weighted by atomic mass is 10.2. The largest absolute Gasteiger partial charge is 0.480 e. The maximum atomic E-state index is 10.5. The zero-order valence-electron chi connectivity index (χ0n) is 9.24. The highest BCUT2D eigenvalue weighted by Gasteiger charge is 2.05. The number of aliphatic carboxylic acids is 1. The van der Waals surface area contributed by atoms with Crippen molar-refractivity contribution in [2.75, 3.05) is 6.61 Å². The third kappa shape index (κ3) is 4.21. The monoisotopic (exact) mass is 250 g/mol. The van der Waals surface area contributed by atoms with E-state index in [4.69, 9.17) is 21.4 Å². The van der Waals surface area contributed by atoms with Crippen LogP contribution in [0.15, 0.2) is 24.3 Å². The van der Waals surface area contributed by atoms with Crippen LogP contribution in [0.2, 0.25) is 5.02 Å². The standard InChI is InChI=1S/C13H11ClO3/c1-2-3-9-17-12-6-4-5-11(14)10(12)7-8-13(15)16/h4-8H,9H2,1H3,(H,15,16)/b8-7+. The lowest BCUT2D eigenvalue weighted by Gasteiger charge is -2.07. The van der Waals surface area contributed by atoms with Gasteiger partial charge in [-0.25, -0.2) is 4.79 Å². The molecule has 0 radical (unpaired) electrons. The molecule has 1 rings (SSSR count). The summed E-state index contributed by atoms with van der Waals surface area (Å²) in [7, 11) is 0. The summed E-state index contributed by atoms with van der Waals surface area (Å²) in [5, 5.41) is 9.01. The molecule has 0 aliphatic heterocycles. The number of halogens is 1. The van der Waals surface area contributed by atoms with Crippen molar-refractivity contribution in [3.63, 3.8) is 0 Å². The van der Waals surface area contributed by atoms with Crippen molar-refractivity contribution in [1.29, 1.82) is 0 Å². The number of hydrogen-bond acceptors (Lipinski definition) is 2. The number of carboxylic acids is 1. The third-order valence-electron chi connectivity index (χ3n) is 1.88. The van der Waals surface area contributed by atoms with Crippen LogP contribution in [0.25, 0.3) is 6.08 Å². The molecule has 0 aliphatic carbocycles. The van der Waals surface area contributed by atoms with Gasteiger partial charge in [-0.15, -0.1) is 5.92 Å². The van der Waals surface area contributed by atoms with Gasteiger partial charge in [0.15, 0.2) is 0 Å². The van der Waals surface area contributed by atoms with Gasteiger partial charge in [0, 0.05) is 11.6 Å². The van der Waals surface area contributed by atoms with Crippen molar-refractivity contribution in [2.45, 2.75) is 6.92 Å². The molecule has 4 heteroatoms. The van der Waals surface area contributed by atoms with E-state index in [9.17, 15) is 4.79 Å². The molecular weight excluding hydrogens is 240 g/mol. The second kappa shape index (κ2) is 6.62. The molecule has 0 aliphatic rings. The average Bonchev–Trinajstić information content (AvgIpc) is 2.28. The summed E-state index contributed by atoms with van der Waals surface area (Å²) >= 11 is 5.97. The van der Waals surface area contributed by atoms with Gasteiger partial charge in [0.25, 0.3) is 0 Å². The highest BCUT2D eigenvalue weighted by molar-refractivity contribution is 6.32. The Hall–Kier alpha value is -1.92. The molecular formula is C13H11ClO3. The Kier molecular flexibility index (Phi) is 5.12. The van der Waals surface area contributed by atoms with Gasteiger partial charge in [-0.2, -0.15) is 0 Å². The van der Waals surface area contributed by atoms with E-state index in [-0.39, 0.29) is 6.61 Å². The van der Waals surface area contributed by atoms with E-state index in [0.29, 0.717) is 16.3 Å². The Morgan fingerprint density at radius 2 is 2.35 bits per heavy atom. The van der Waals surface area contributed by atoms with E-state index in [1.807, 2.05) is 0 Å². The van der Waals surface area contributed by atoms with Crippen LogP contribution in [0.5, 0.6) is 5.75 Å². The molecule has 88 valence electrons. The first-order valence-corrected chi connectivity index (χ1v) is 5.25. The lowest BCUT2D eigenvalue weighted by molar-refractivity contribution is -0.131. The van der Waals surface area contributed by atoms with Gasteiger partial charge in [0.1, 0.15) is 12.4 Å². The Morgan fingerprint density at radius 3 is 3.00 bits per heavy atom. The first-order valence-electron chi connectivity index (χ1n) is 4.87. The summed E-state index contributed by atoms with van der Waals surface area (Å²) in [6.45, 7) is 1.96. The average molecular weight is 251 g/mol. The number of rotatable bonds is 4. The quantitative estimate of drug-likeness (QED) is 0.660. The summed E-state index contributed by atoms with van der Waals surface area (Å²) in [6, 6.07) is 5.11. The van der Waals surface area contributed by atoms with Gasteiger partial charge in [-0.05, 0) is 25.1 Å². The fourth-order valence-corrected chi connectivity index (χ4v) is 1.37. The molecule has 0 aromatic heterocycles. The van der Waals surface area contributed by atoms with Gasteiger partial charge in [-0.3, -0.25) is 0 Å². The zero-order valence-corrected chi connectivity index (χ0v) is 9.99. The molecule has 0 amide bonds. The Labute approximate surface area is 105 Å². The Morgan fingerprint density at radius 1 is 1.59 bits per heavy atom. The van der Waals surface area contributed by atoms with E-state index in [1.165, 1.54) is 6.08 Å². The van der Waals surface area contributed by atoms with Gasteiger partial charge in [-0.1, -0.05) is 23.6 Å². The van der Waals surface area contributed by atoms with Crippen molar-refractivity contribution in [1.82, 2.24) is 0 Å². The molecule has 0 heterocycles. The topological polar surface area (TPSA) is 46.5 Å². The summed E-state index contributed by atoms with van der Waals surface area (Å²) in [6.07, 6.45) is 2.42. The van der Waals surface area contributed by atoms with E-state index < -0.39 is 5.97 Å². The number of hydrogen-bond donors (Lipinski definition) is 1. The zero-order chi connectivity index (χ0) is 12.7. The molecule has 1 aromatic rings. The predicted octanol–water partition coefficient (Wildman–Crippen LogP) is 2.84. The maximum absolute atomic E-state index is 10.5. The molecule has 0 saturated heterocycles. The molecule has 3 nitrogen and oxygen atoms in total.